The Balaban J connectivity index is 1.48. The van der Waals surface area contributed by atoms with Gasteiger partial charge in [-0.25, -0.2) is 0 Å². The third kappa shape index (κ3) is 7.07. The summed E-state index contributed by atoms with van der Waals surface area (Å²) in [6.07, 6.45) is -0.549. The SMILES string of the molecule is COc1ccc(OCC(O)CN(CCN2CCOCC2)Cc2cccs2)cc1. The summed E-state index contributed by atoms with van der Waals surface area (Å²) >= 11 is 1.75. The van der Waals surface area contributed by atoms with Crippen LogP contribution in [0.1, 0.15) is 4.88 Å². The molecule has 1 unspecified atom stereocenters. The summed E-state index contributed by atoms with van der Waals surface area (Å²) in [4.78, 5) is 6.04. The van der Waals surface area contributed by atoms with E-state index in [0.29, 0.717) is 6.54 Å². The van der Waals surface area contributed by atoms with Crippen molar-refractivity contribution >= 4 is 11.3 Å². The van der Waals surface area contributed by atoms with Gasteiger partial charge in [0.1, 0.15) is 24.2 Å². The van der Waals surface area contributed by atoms with Crippen LogP contribution < -0.4 is 9.47 Å². The molecule has 154 valence electrons. The molecule has 1 aromatic heterocycles. The van der Waals surface area contributed by atoms with Crippen LogP contribution in [0.3, 0.4) is 0 Å². The number of nitrogens with zero attached hydrogens (tertiary/aromatic N) is 2. The number of hydrogen-bond donors (Lipinski definition) is 1. The molecule has 28 heavy (non-hydrogen) atoms. The fourth-order valence-electron chi connectivity index (χ4n) is 3.18. The van der Waals surface area contributed by atoms with Gasteiger partial charge in [-0.3, -0.25) is 9.80 Å². The maximum absolute atomic E-state index is 10.5. The molecule has 3 rings (SSSR count). The first-order valence-electron chi connectivity index (χ1n) is 9.72. The zero-order valence-electron chi connectivity index (χ0n) is 16.5. The Morgan fingerprint density at radius 3 is 2.61 bits per heavy atom. The van der Waals surface area contributed by atoms with Gasteiger partial charge < -0.3 is 19.3 Å². The van der Waals surface area contributed by atoms with Crippen LogP contribution >= 0.6 is 11.3 Å². The van der Waals surface area contributed by atoms with Crippen molar-refractivity contribution in [3.63, 3.8) is 0 Å². The molecule has 0 saturated carbocycles. The maximum Gasteiger partial charge on any atom is 0.119 e. The van der Waals surface area contributed by atoms with Crippen molar-refractivity contribution in [3.05, 3.63) is 46.7 Å². The molecular formula is C21H30N2O4S. The Kier molecular flexibility index (Phi) is 8.57. The van der Waals surface area contributed by atoms with Crippen molar-refractivity contribution in [2.45, 2.75) is 12.6 Å². The van der Waals surface area contributed by atoms with E-state index in [4.69, 9.17) is 14.2 Å². The minimum Gasteiger partial charge on any atom is -0.497 e. The second kappa shape index (κ2) is 11.4. The Morgan fingerprint density at radius 1 is 1.18 bits per heavy atom. The second-order valence-corrected chi connectivity index (χ2v) is 7.94. The smallest absolute Gasteiger partial charge is 0.119 e. The van der Waals surface area contributed by atoms with E-state index in [0.717, 1.165) is 57.4 Å². The summed E-state index contributed by atoms with van der Waals surface area (Å²) in [6, 6.07) is 11.6. The van der Waals surface area contributed by atoms with Crippen molar-refractivity contribution < 1.29 is 19.3 Å². The lowest BCUT2D eigenvalue weighted by Gasteiger charge is -2.30. The minimum absolute atomic E-state index is 0.269. The predicted octanol–water partition coefficient (Wildman–Crippen LogP) is 2.33. The predicted molar refractivity (Wildman–Crippen MR) is 111 cm³/mol. The van der Waals surface area contributed by atoms with E-state index in [-0.39, 0.29) is 6.61 Å². The highest BCUT2D eigenvalue weighted by Gasteiger charge is 2.16. The van der Waals surface area contributed by atoms with E-state index in [9.17, 15) is 5.11 Å². The van der Waals surface area contributed by atoms with Crippen LogP contribution in [0.4, 0.5) is 0 Å². The molecule has 1 fully saturated rings. The molecule has 0 amide bonds. The average molecular weight is 407 g/mol. The number of aliphatic hydroxyl groups excluding tert-OH is 1. The van der Waals surface area contributed by atoms with Gasteiger partial charge in [0.05, 0.1) is 20.3 Å². The number of ether oxygens (including phenoxy) is 3. The molecule has 6 nitrogen and oxygen atoms in total. The van der Waals surface area contributed by atoms with E-state index in [1.165, 1.54) is 4.88 Å². The molecule has 0 radical (unpaired) electrons. The first-order chi connectivity index (χ1) is 13.7. The fraction of sp³-hybridized carbons (Fsp3) is 0.524. The lowest BCUT2D eigenvalue weighted by Crippen LogP contribution is -2.43. The van der Waals surface area contributed by atoms with Crippen molar-refractivity contribution in [1.29, 1.82) is 0 Å². The summed E-state index contributed by atoms with van der Waals surface area (Å²) < 4.78 is 16.3. The van der Waals surface area contributed by atoms with Crippen LogP contribution in [-0.2, 0) is 11.3 Å². The third-order valence-electron chi connectivity index (χ3n) is 4.77. The third-order valence-corrected chi connectivity index (χ3v) is 5.63. The Morgan fingerprint density at radius 2 is 1.93 bits per heavy atom. The molecule has 1 saturated heterocycles. The van der Waals surface area contributed by atoms with E-state index in [2.05, 4.69) is 27.3 Å². The number of aliphatic hydroxyl groups is 1. The van der Waals surface area contributed by atoms with Gasteiger partial charge in [0.25, 0.3) is 0 Å². The van der Waals surface area contributed by atoms with E-state index in [1.54, 1.807) is 18.4 Å². The highest BCUT2D eigenvalue weighted by atomic mass is 32.1. The van der Waals surface area contributed by atoms with Crippen molar-refractivity contribution in [2.24, 2.45) is 0 Å². The van der Waals surface area contributed by atoms with Crippen LogP contribution in [0.5, 0.6) is 11.5 Å². The number of methoxy groups -OCH3 is 1. The first kappa shape index (κ1) is 21.1. The van der Waals surface area contributed by atoms with Crippen molar-refractivity contribution in [3.8, 4) is 11.5 Å². The molecule has 0 spiro atoms. The lowest BCUT2D eigenvalue weighted by molar-refractivity contribution is 0.0257. The normalized spacial score (nSPS) is 16.2. The van der Waals surface area contributed by atoms with Crippen LogP contribution in [-0.4, -0.2) is 80.7 Å². The Bertz CT molecular complexity index is 660. The highest BCUT2D eigenvalue weighted by molar-refractivity contribution is 7.09. The number of hydrogen-bond acceptors (Lipinski definition) is 7. The van der Waals surface area contributed by atoms with Gasteiger partial charge in [0.2, 0.25) is 0 Å². The number of morpholine rings is 1. The molecule has 0 aliphatic carbocycles. The number of thiophene rings is 1. The molecule has 1 aliphatic heterocycles. The molecule has 0 bridgehead atoms. The Labute approximate surface area is 171 Å². The molecular weight excluding hydrogens is 376 g/mol. The van der Waals surface area contributed by atoms with Crippen LogP contribution in [0.15, 0.2) is 41.8 Å². The van der Waals surface area contributed by atoms with Gasteiger partial charge in [-0.1, -0.05) is 6.07 Å². The monoisotopic (exact) mass is 406 g/mol. The molecule has 1 N–H and O–H groups in total. The van der Waals surface area contributed by atoms with Crippen LogP contribution in [0.25, 0.3) is 0 Å². The maximum atomic E-state index is 10.5. The molecule has 1 aromatic carbocycles. The summed E-state index contributed by atoms with van der Waals surface area (Å²) in [5.41, 5.74) is 0. The van der Waals surface area contributed by atoms with Gasteiger partial charge in [-0.15, -0.1) is 11.3 Å². The number of rotatable bonds is 11. The molecule has 2 heterocycles. The van der Waals surface area contributed by atoms with Crippen LogP contribution in [0, 0.1) is 0 Å². The summed E-state index contributed by atoms with van der Waals surface area (Å²) in [6.45, 7) is 7.18. The summed E-state index contributed by atoms with van der Waals surface area (Å²) in [7, 11) is 1.64. The number of benzene rings is 1. The largest absolute Gasteiger partial charge is 0.497 e. The first-order valence-corrected chi connectivity index (χ1v) is 10.6. The van der Waals surface area contributed by atoms with E-state index < -0.39 is 6.10 Å². The van der Waals surface area contributed by atoms with Crippen LogP contribution in [0.2, 0.25) is 0 Å². The summed E-state index contributed by atoms with van der Waals surface area (Å²) in [5.74, 6) is 1.52. The van der Waals surface area contributed by atoms with Gasteiger partial charge in [0.15, 0.2) is 0 Å². The van der Waals surface area contributed by atoms with Gasteiger partial charge in [0, 0.05) is 44.1 Å². The topological polar surface area (TPSA) is 54.4 Å². The second-order valence-electron chi connectivity index (χ2n) is 6.91. The quantitative estimate of drug-likeness (QED) is 0.618. The standard InChI is InChI=1S/C21H30N2O4S/c1-25-19-4-6-20(7-5-19)27-17-18(24)15-23(16-21-3-2-14-28-21)9-8-22-10-12-26-13-11-22/h2-7,14,18,24H,8-13,15-17H2,1H3. The van der Waals surface area contributed by atoms with E-state index >= 15 is 0 Å². The van der Waals surface area contributed by atoms with Gasteiger partial charge in [-0.2, -0.15) is 0 Å². The zero-order valence-corrected chi connectivity index (χ0v) is 17.3. The lowest BCUT2D eigenvalue weighted by atomic mass is 10.3. The van der Waals surface area contributed by atoms with Gasteiger partial charge >= 0.3 is 0 Å². The minimum atomic E-state index is -0.549. The molecule has 1 aliphatic rings. The fourth-order valence-corrected chi connectivity index (χ4v) is 3.93. The summed E-state index contributed by atoms with van der Waals surface area (Å²) in [5, 5.41) is 12.6. The van der Waals surface area contributed by atoms with E-state index in [1.807, 2.05) is 24.3 Å². The highest BCUT2D eigenvalue weighted by Crippen LogP contribution is 2.17. The molecule has 1 atom stereocenters. The molecule has 7 heteroatoms. The molecule has 2 aromatic rings. The van der Waals surface area contributed by atoms with Crippen molar-refractivity contribution in [1.82, 2.24) is 9.80 Å². The average Bonchev–Trinajstić information content (AvgIpc) is 3.25. The van der Waals surface area contributed by atoms with Crippen molar-refractivity contribution in [2.75, 3.05) is 59.7 Å². The Hall–Kier alpha value is -1.64. The zero-order chi connectivity index (χ0) is 19.6. The van der Waals surface area contributed by atoms with Gasteiger partial charge in [-0.05, 0) is 35.7 Å².